The summed E-state index contributed by atoms with van der Waals surface area (Å²) < 4.78 is 2.80. The fraction of sp³-hybridized carbons (Fsp3) is 0.483. The van der Waals surface area contributed by atoms with Gasteiger partial charge in [-0.15, -0.1) is 11.3 Å². The molecular weight excluding hydrogens is 486 g/mol. The Hall–Kier alpha value is -3.13. The second-order valence-electron chi connectivity index (χ2n) is 10.1. The summed E-state index contributed by atoms with van der Waals surface area (Å²) in [6, 6.07) is 11.8. The highest BCUT2D eigenvalue weighted by atomic mass is 32.1. The van der Waals surface area contributed by atoms with Crippen LogP contribution < -0.4 is 10.2 Å². The molecule has 0 radical (unpaired) electrons. The van der Waals surface area contributed by atoms with Crippen molar-refractivity contribution in [3.8, 4) is 0 Å². The van der Waals surface area contributed by atoms with Crippen molar-refractivity contribution in [2.75, 3.05) is 11.4 Å². The number of unbranched alkanes of at least 4 members (excludes halogenated alkanes) is 3. The van der Waals surface area contributed by atoms with Crippen LogP contribution in [0.5, 0.6) is 0 Å². The number of anilines is 1. The number of carbonyl (C=O) groups is 3. The van der Waals surface area contributed by atoms with Crippen LogP contribution in [0.4, 0.5) is 5.69 Å². The average Bonchev–Trinajstić information content (AvgIpc) is 3.47. The summed E-state index contributed by atoms with van der Waals surface area (Å²) in [5, 5.41) is 14.3. The quantitative estimate of drug-likeness (QED) is 0.302. The van der Waals surface area contributed by atoms with Crippen LogP contribution in [-0.2, 0) is 16.1 Å². The van der Waals surface area contributed by atoms with Gasteiger partial charge in [0.2, 0.25) is 5.91 Å². The normalized spacial score (nSPS) is 17.6. The van der Waals surface area contributed by atoms with Crippen LogP contribution in [0.15, 0.2) is 41.8 Å². The lowest BCUT2D eigenvalue weighted by Gasteiger charge is -2.27. The minimum Gasteiger partial charge on any atom is -0.481 e. The van der Waals surface area contributed by atoms with E-state index in [-0.39, 0.29) is 30.3 Å². The molecule has 1 aliphatic rings. The molecule has 0 atom stereocenters. The fourth-order valence-corrected chi connectivity index (χ4v) is 6.01. The number of aliphatic carboxylic acids is 1. The third-order valence-corrected chi connectivity index (χ3v) is 8.16. The van der Waals surface area contributed by atoms with Crippen molar-refractivity contribution in [1.82, 2.24) is 9.88 Å². The number of aryl methyl sites for hydroxylation is 1. The van der Waals surface area contributed by atoms with Crippen molar-refractivity contribution in [2.24, 2.45) is 5.92 Å². The first-order valence-electron chi connectivity index (χ1n) is 13.3. The Morgan fingerprint density at radius 2 is 1.86 bits per heavy atom. The predicted molar refractivity (Wildman–Crippen MR) is 148 cm³/mol. The van der Waals surface area contributed by atoms with Crippen LogP contribution in [0.2, 0.25) is 0 Å². The number of carboxylic acid groups (broad SMARTS) is 1. The largest absolute Gasteiger partial charge is 0.481 e. The summed E-state index contributed by atoms with van der Waals surface area (Å²) in [6.07, 6.45) is 6.71. The van der Waals surface area contributed by atoms with Gasteiger partial charge in [0.05, 0.1) is 16.1 Å². The molecule has 37 heavy (non-hydrogen) atoms. The maximum absolute atomic E-state index is 13.7. The molecule has 7 nitrogen and oxygen atoms in total. The molecule has 2 heterocycles. The first-order chi connectivity index (χ1) is 17.9. The lowest BCUT2D eigenvalue weighted by Crippen LogP contribution is -2.40. The number of benzene rings is 1. The van der Waals surface area contributed by atoms with Gasteiger partial charge in [0.1, 0.15) is 12.2 Å². The Labute approximate surface area is 222 Å². The van der Waals surface area contributed by atoms with Crippen molar-refractivity contribution in [3.63, 3.8) is 0 Å². The molecule has 0 spiro atoms. The van der Waals surface area contributed by atoms with E-state index in [1.165, 1.54) is 0 Å². The topological polar surface area (TPSA) is 91.6 Å². The fourth-order valence-electron chi connectivity index (χ4n) is 5.19. The Morgan fingerprint density at radius 3 is 2.57 bits per heavy atom. The van der Waals surface area contributed by atoms with Gasteiger partial charge >= 0.3 is 5.97 Å². The zero-order chi connectivity index (χ0) is 26.4. The average molecular weight is 524 g/mol. The van der Waals surface area contributed by atoms with Crippen LogP contribution in [0.1, 0.15) is 74.3 Å². The summed E-state index contributed by atoms with van der Waals surface area (Å²) in [6.45, 7) is 4.92. The maximum atomic E-state index is 13.7. The molecule has 0 unspecified atom stereocenters. The van der Waals surface area contributed by atoms with E-state index in [9.17, 15) is 19.5 Å². The van der Waals surface area contributed by atoms with Crippen LogP contribution >= 0.6 is 11.3 Å². The van der Waals surface area contributed by atoms with Gasteiger partial charge < -0.3 is 19.9 Å². The molecule has 2 amide bonds. The van der Waals surface area contributed by atoms with E-state index in [1.807, 2.05) is 58.2 Å². The first kappa shape index (κ1) is 26.9. The molecule has 1 saturated carbocycles. The maximum Gasteiger partial charge on any atom is 0.306 e. The lowest BCUT2D eigenvalue weighted by molar-refractivity contribution is -0.142. The van der Waals surface area contributed by atoms with E-state index in [1.54, 1.807) is 11.3 Å². The molecule has 8 heteroatoms. The van der Waals surface area contributed by atoms with Crippen molar-refractivity contribution in [1.29, 1.82) is 0 Å². The van der Waals surface area contributed by atoms with Crippen molar-refractivity contribution in [2.45, 2.75) is 77.8 Å². The molecule has 198 valence electrons. The number of carboxylic acids is 1. The van der Waals surface area contributed by atoms with Crippen LogP contribution in [0.25, 0.3) is 10.2 Å². The van der Waals surface area contributed by atoms with Crippen LogP contribution in [0, 0.1) is 12.8 Å². The van der Waals surface area contributed by atoms with E-state index in [2.05, 4.69) is 12.2 Å². The van der Waals surface area contributed by atoms with E-state index in [0.29, 0.717) is 37.9 Å². The van der Waals surface area contributed by atoms with Gasteiger partial charge in [-0.05, 0) is 74.2 Å². The predicted octanol–water partition coefficient (Wildman–Crippen LogP) is 6.00. The third kappa shape index (κ3) is 6.60. The number of hydrogen-bond donors (Lipinski definition) is 2. The summed E-state index contributed by atoms with van der Waals surface area (Å²) in [5.74, 6) is -1.34. The highest BCUT2D eigenvalue weighted by Crippen LogP contribution is 2.28. The number of aromatic nitrogens is 1. The molecule has 0 aliphatic heterocycles. The smallest absolute Gasteiger partial charge is 0.306 e. The van der Waals surface area contributed by atoms with Gasteiger partial charge in [0.25, 0.3) is 5.91 Å². The first-order valence-corrected chi connectivity index (χ1v) is 14.2. The summed E-state index contributed by atoms with van der Waals surface area (Å²) in [7, 11) is 0. The molecule has 2 aromatic heterocycles. The van der Waals surface area contributed by atoms with Gasteiger partial charge in [0, 0.05) is 18.3 Å². The second-order valence-corrected chi connectivity index (χ2v) is 11.0. The molecule has 0 bridgehead atoms. The summed E-state index contributed by atoms with van der Waals surface area (Å²) >= 11 is 1.55. The molecule has 1 fully saturated rings. The molecule has 1 aliphatic carbocycles. The zero-order valence-corrected chi connectivity index (χ0v) is 22.6. The van der Waals surface area contributed by atoms with Gasteiger partial charge in [-0.25, -0.2) is 0 Å². The Morgan fingerprint density at radius 1 is 1.08 bits per heavy atom. The minimum atomic E-state index is -0.759. The molecule has 4 rings (SSSR count). The Balaban J connectivity index is 1.53. The highest BCUT2D eigenvalue weighted by molar-refractivity contribution is 7.17. The number of thiophene rings is 1. The number of hydrogen-bond acceptors (Lipinski definition) is 4. The third-order valence-electron chi connectivity index (χ3n) is 7.31. The molecule has 0 saturated heterocycles. The number of carbonyl (C=O) groups excluding carboxylic acids is 2. The monoisotopic (exact) mass is 523 g/mol. The van der Waals surface area contributed by atoms with E-state index in [4.69, 9.17) is 0 Å². The van der Waals surface area contributed by atoms with Crippen LogP contribution in [-0.4, -0.2) is 40.0 Å². The van der Waals surface area contributed by atoms with E-state index >= 15 is 0 Å². The molecule has 3 aromatic rings. The molecular formula is C29H37N3O4S. The SMILES string of the molecule is CCCCCCN(C(=O)Cn1c(C(=O)N[C@H]2CC[C@H](C(=O)O)CC2)cc2sccc21)c1cccc(C)c1. The van der Waals surface area contributed by atoms with Crippen LogP contribution in [0.3, 0.4) is 0 Å². The summed E-state index contributed by atoms with van der Waals surface area (Å²) in [4.78, 5) is 40.2. The second kappa shape index (κ2) is 12.4. The van der Waals surface area contributed by atoms with Gasteiger partial charge in [0.15, 0.2) is 0 Å². The van der Waals surface area contributed by atoms with E-state index < -0.39 is 5.97 Å². The van der Waals surface area contributed by atoms with Crippen molar-refractivity contribution < 1.29 is 19.5 Å². The number of amides is 2. The Kier molecular flexibility index (Phi) is 9.03. The Bertz CT molecular complexity index is 1240. The zero-order valence-electron chi connectivity index (χ0n) is 21.7. The van der Waals surface area contributed by atoms with Gasteiger partial charge in [-0.1, -0.05) is 38.3 Å². The van der Waals surface area contributed by atoms with Gasteiger partial charge in [-0.3, -0.25) is 14.4 Å². The molecule has 1 aromatic carbocycles. The minimum absolute atomic E-state index is 0.0400. The van der Waals surface area contributed by atoms with Crippen molar-refractivity contribution in [3.05, 3.63) is 53.0 Å². The highest BCUT2D eigenvalue weighted by Gasteiger charge is 2.28. The molecule has 2 N–H and O–H groups in total. The van der Waals surface area contributed by atoms with E-state index in [0.717, 1.165) is 47.2 Å². The lowest BCUT2D eigenvalue weighted by atomic mass is 9.86. The van der Waals surface area contributed by atoms with Gasteiger partial charge in [-0.2, -0.15) is 0 Å². The summed E-state index contributed by atoms with van der Waals surface area (Å²) in [5.41, 5.74) is 3.35. The standard InChI is InChI=1S/C29H37N3O4S/c1-3-4-5-6-15-31(23-9-7-8-20(2)17-23)27(33)19-32-24-14-16-37-26(24)18-25(32)28(34)30-22-12-10-21(11-13-22)29(35)36/h7-9,14,16-18,21-22H,3-6,10-13,15,19H2,1-2H3,(H,30,34)(H,35,36)/t21-,22-. The number of nitrogens with one attached hydrogen (secondary N) is 1. The number of fused-ring (bicyclic) bond motifs is 1. The number of rotatable bonds is 11. The van der Waals surface area contributed by atoms with Crippen molar-refractivity contribution >= 4 is 45.0 Å². The number of nitrogens with zero attached hydrogens (tertiary/aromatic N) is 2.